The van der Waals surface area contributed by atoms with Gasteiger partial charge in [-0.25, -0.2) is 4.39 Å². The van der Waals surface area contributed by atoms with Gasteiger partial charge in [-0.3, -0.25) is 9.59 Å². The standard InChI is InChI=1S/C31H41FO6/c1-19-13-20(2)24(25(14-19)22-9-10-26(32)21(3)15-22)11-12-31(18-36-28(35)29(4,5)6)23(16-27(33)34)17-37-30(7,8)38-31/h9-10,13-15,23H,11-12,16-18H2,1-8H3,(H,33,34)/t23?,31-/m0/s1. The van der Waals surface area contributed by atoms with Crippen LogP contribution in [0.25, 0.3) is 11.1 Å². The van der Waals surface area contributed by atoms with E-state index in [0.717, 1.165) is 27.8 Å². The zero-order valence-electron chi connectivity index (χ0n) is 23.9. The van der Waals surface area contributed by atoms with Crippen LogP contribution < -0.4 is 0 Å². The van der Waals surface area contributed by atoms with Gasteiger partial charge in [0.25, 0.3) is 0 Å². The molecule has 38 heavy (non-hydrogen) atoms. The maximum atomic E-state index is 14.1. The number of esters is 1. The number of aliphatic carboxylic acids is 1. The number of hydrogen-bond acceptors (Lipinski definition) is 5. The summed E-state index contributed by atoms with van der Waals surface area (Å²) in [5, 5.41) is 9.69. The van der Waals surface area contributed by atoms with Crippen LogP contribution in [-0.2, 0) is 30.2 Å². The Kier molecular flexibility index (Phi) is 8.74. The SMILES string of the molecule is Cc1cc(C)c(CC[C@@]2(COC(=O)C(C)(C)C)OC(C)(C)OCC2CC(=O)O)c(-c2ccc(F)c(C)c2)c1. The van der Waals surface area contributed by atoms with Gasteiger partial charge in [-0.1, -0.05) is 23.8 Å². The Morgan fingerprint density at radius 3 is 2.39 bits per heavy atom. The summed E-state index contributed by atoms with van der Waals surface area (Å²) in [7, 11) is 0. The van der Waals surface area contributed by atoms with Gasteiger partial charge in [0, 0.05) is 5.92 Å². The van der Waals surface area contributed by atoms with Crippen LogP contribution in [0.5, 0.6) is 0 Å². The van der Waals surface area contributed by atoms with Crippen LogP contribution in [0.2, 0.25) is 0 Å². The average Bonchev–Trinajstić information content (AvgIpc) is 2.79. The lowest BCUT2D eigenvalue weighted by Crippen LogP contribution is -2.58. The maximum Gasteiger partial charge on any atom is 0.311 e. The molecule has 0 bridgehead atoms. The maximum absolute atomic E-state index is 14.1. The van der Waals surface area contributed by atoms with Crippen LogP contribution in [0.4, 0.5) is 4.39 Å². The average molecular weight is 529 g/mol. The minimum Gasteiger partial charge on any atom is -0.481 e. The lowest BCUT2D eigenvalue weighted by molar-refractivity contribution is -0.341. The van der Waals surface area contributed by atoms with Crippen LogP contribution in [0.3, 0.4) is 0 Å². The van der Waals surface area contributed by atoms with E-state index >= 15 is 0 Å². The van der Waals surface area contributed by atoms with Gasteiger partial charge in [-0.2, -0.15) is 0 Å². The van der Waals surface area contributed by atoms with E-state index in [4.69, 9.17) is 14.2 Å². The highest BCUT2D eigenvalue weighted by atomic mass is 19.1. The molecule has 0 aliphatic carbocycles. The van der Waals surface area contributed by atoms with Crippen molar-refractivity contribution in [3.05, 3.63) is 58.4 Å². The van der Waals surface area contributed by atoms with Crippen molar-refractivity contribution in [2.75, 3.05) is 13.2 Å². The Labute approximate surface area is 225 Å². The molecule has 0 spiro atoms. The van der Waals surface area contributed by atoms with Crippen LogP contribution in [0, 0.1) is 37.9 Å². The molecule has 0 aromatic heterocycles. The summed E-state index contributed by atoms with van der Waals surface area (Å²) in [6.45, 7) is 14.8. The molecule has 2 aromatic carbocycles. The number of ether oxygens (including phenoxy) is 3. The quantitative estimate of drug-likeness (QED) is 0.391. The first-order valence-corrected chi connectivity index (χ1v) is 13.1. The van der Waals surface area contributed by atoms with Crippen molar-refractivity contribution in [2.24, 2.45) is 11.3 Å². The molecule has 0 amide bonds. The van der Waals surface area contributed by atoms with Crippen molar-refractivity contribution >= 4 is 11.9 Å². The number of carboxylic acid groups (broad SMARTS) is 1. The number of aryl methyl sites for hydroxylation is 3. The third kappa shape index (κ3) is 7.00. The van der Waals surface area contributed by atoms with E-state index in [1.54, 1.807) is 47.6 Å². The Bertz CT molecular complexity index is 1200. The van der Waals surface area contributed by atoms with Gasteiger partial charge in [-0.15, -0.1) is 0 Å². The summed E-state index contributed by atoms with van der Waals surface area (Å²) in [6, 6.07) is 9.29. The number of rotatable bonds is 8. The van der Waals surface area contributed by atoms with Gasteiger partial charge in [0.15, 0.2) is 5.79 Å². The molecule has 1 unspecified atom stereocenters. The second-order valence-corrected chi connectivity index (χ2v) is 12.1. The molecule has 1 fully saturated rings. The summed E-state index contributed by atoms with van der Waals surface area (Å²) >= 11 is 0. The van der Waals surface area contributed by atoms with Crippen molar-refractivity contribution in [2.45, 2.75) is 86.0 Å². The molecular formula is C31H41FO6. The highest BCUT2D eigenvalue weighted by Gasteiger charge is 2.50. The molecule has 208 valence electrons. The Balaban J connectivity index is 2.05. The molecule has 3 rings (SSSR count). The van der Waals surface area contributed by atoms with E-state index in [9.17, 15) is 19.1 Å². The van der Waals surface area contributed by atoms with E-state index in [1.165, 1.54) is 6.07 Å². The molecule has 7 heteroatoms. The summed E-state index contributed by atoms with van der Waals surface area (Å²) in [6.07, 6.45) is 0.767. The van der Waals surface area contributed by atoms with Gasteiger partial charge >= 0.3 is 11.9 Å². The van der Waals surface area contributed by atoms with E-state index in [0.29, 0.717) is 18.4 Å². The number of hydrogen-bond donors (Lipinski definition) is 1. The van der Waals surface area contributed by atoms with E-state index < -0.39 is 28.7 Å². The third-order valence-corrected chi connectivity index (χ3v) is 7.19. The Hall–Kier alpha value is -2.77. The van der Waals surface area contributed by atoms with Crippen molar-refractivity contribution in [3.63, 3.8) is 0 Å². The zero-order chi connectivity index (χ0) is 28.5. The third-order valence-electron chi connectivity index (χ3n) is 7.19. The number of halogens is 1. The zero-order valence-corrected chi connectivity index (χ0v) is 23.9. The highest BCUT2D eigenvalue weighted by molar-refractivity contribution is 5.75. The van der Waals surface area contributed by atoms with Crippen molar-refractivity contribution in [1.82, 2.24) is 0 Å². The molecule has 2 atom stereocenters. The van der Waals surface area contributed by atoms with Gasteiger partial charge in [0.1, 0.15) is 18.0 Å². The predicted molar refractivity (Wildman–Crippen MR) is 144 cm³/mol. The van der Waals surface area contributed by atoms with E-state index in [-0.39, 0.29) is 31.4 Å². The second kappa shape index (κ2) is 11.1. The van der Waals surface area contributed by atoms with Crippen molar-refractivity contribution < 1.29 is 33.3 Å². The first-order chi connectivity index (χ1) is 17.5. The lowest BCUT2D eigenvalue weighted by Gasteiger charge is -2.49. The van der Waals surface area contributed by atoms with E-state index in [1.807, 2.05) is 19.9 Å². The molecule has 1 saturated heterocycles. The molecule has 0 radical (unpaired) electrons. The minimum atomic E-state index is -1.08. The fourth-order valence-corrected chi connectivity index (χ4v) is 5.13. The molecule has 0 saturated carbocycles. The molecular weight excluding hydrogens is 487 g/mol. The molecule has 1 N–H and O–H groups in total. The molecule has 6 nitrogen and oxygen atoms in total. The number of benzene rings is 2. The van der Waals surface area contributed by atoms with Crippen LogP contribution in [0.1, 0.15) is 69.7 Å². The number of carboxylic acids is 1. The number of carbonyl (C=O) groups is 2. The first-order valence-electron chi connectivity index (χ1n) is 13.1. The summed E-state index contributed by atoms with van der Waals surface area (Å²) in [5.41, 5.74) is 3.90. The molecule has 1 heterocycles. The van der Waals surface area contributed by atoms with Crippen molar-refractivity contribution in [1.29, 1.82) is 0 Å². The topological polar surface area (TPSA) is 82.1 Å². The molecule has 1 aliphatic heterocycles. The summed E-state index contributed by atoms with van der Waals surface area (Å²) in [5.74, 6) is -3.12. The van der Waals surface area contributed by atoms with E-state index in [2.05, 4.69) is 12.1 Å². The molecule has 1 aliphatic rings. The Morgan fingerprint density at radius 1 is 1.11 bits per heavy atom. The first kappa shape index (κ1) is 29.8. The fourth-order valence-electron chi connectivity index (χ4n) is 5.13. The van der Waals surface area contributed by atoms with Gasteiger partial charge < -0.3 is 19.3 Å². The van der Waals surface area contributed by atoms with Gasteiger partial charge in [0.2, 0.25) is 0 Å². The smallest absolute Gasteiger partial charge is 0.311 e. The van der Waals surface area contributed by atoms with Crippen molar-refractivity contribution in [3.8, 4) is 11.1 Å². The minimum absolute atomic E-state index is 0.0796. The Morgan fingerprint density at radius 2 is 1.79 bits per heavy atom. The molecule has 2 aromatic rings. The summed E-state index contributed by atoms with van der Waals surface area (Å²) < 4.78 is 32.2. The summed E-state index contributed by atoms with van der Waals surface area (Å²) in [4.78, 5) is 24.6. The fraction of sp³-hybridized carbons (Fsp3) is 0.548. The van der Waals surface area contributed by atoms with Crippen LogP contribution in [-0.4, -0.2) is 41.6 Å². The predicted octanol–water partition coefficient (Wildman–Crippen LogP) is 6.55. The highest BCUT2D eigenvalue weighted by Crippen LogP contribution is 2.42. The monoisotopic (exact) mass is 528 g/mol. The van der Waals surface area contributed by atoms with Gasteiger partial charge in [-0.05, 0) is 108 Å². The second-order valence-electron chi connectivity index (χ2n) is 12.1. The van der Waals surface area contributed by atoms with Crippen LogP contribution in [0.15, 0.2) is 30.3 Å². The number of carbonyl (C=O) groups excluding carboxylic acids is 1. The normalized spacial score (nSPS) is 21.2. The largest absolute Gasteiger partial charge is 0.481 e. The lowest BCUT2D eigenvalue weighted by atomic mass is 9.78. The van der Waals surface area contributed by atoms with Crippen LogP contribution >= 0.6 is 0 Å². The van der Waals surface area contributed by atoms with Gasteiger partial charge in [0.05, 0.1) is 18.4 Å².